The third-order valence-electron chi connectivity index (χ3n) is 4.26. The van der Waals surface area contributed by atoms with Crippen LogP contribution < -0.4 is 4.72 Å². The zero-order valence-electron chi connectivity index (χ0n) is 15.4. The molecule has 0 atom stereocenters. The fourth-order valence-electron chi connectivity index (χ4n) is 2.96. The van der Waals surface area contributed by atoms with E-state index in [1.165, 1.54) is 6.20 Å². The zero-order valence-corrected chi connectivity index (χ0v) is 16.2. The van der Waals surface area contributed by atoms with Crippen molar-refractivity contribution in [1.29, 1.82) is 0 Å². The number of rotatable bonds is 6. The van der Waals surface area contributed by atoms with E-state index in [0.717, 1.165) is 17.0 Å². The molecule has 0 bridgehead atoms. The van der Waals surface area contributed by atoms with Gasteiger partial charge in [0.1, 0.15) is 4.90 Å². The Morgan fingerprint density at radius 2 is 1.88 bits per heavy atom. The van der Waals surface area contributed by atoms with Crippen LogP contribution in [0.4, 0.5) is 5.69 Å². The van der Waals surface area contributed by atoms with Gasteiger partial charge in [0.15, 0.2) is 0 Å². The molecule has 0 saturated carbocycles. The number of hydrogen-bond acceptors (Lipinski definition) is 4. The highest BCUT2D eigenvalue weighted by Crippen LogP contribution is 2.20. The van der Waals surface area contributed by atoms with Crippen LogP contribution in [0.15, 0.2) is 41.4 Å². The Morgan fingerprint density at radius 1 is 1.12 bits per heavy atom. The molecule has 26 heavy (non-hydrogen) atoms. The van der Waals surface area contributed by atoms with Crippen LogP contribution in [0.1, 0.15) is 29.6 Å². The molecule has 3 aromatic rings. The molecule has 2 heterocycles. The third kappa shape index (κ3) is 3.65. The molecule has 0 aliphatic carbocycles. The summed E-state index contributed by atoms with van der Waals surface area (Å²) in [7, 11) is -3.68. The summed E-state index contributed by atoms with van der Waals surface area (Å²) < 4.78 is 31.6. The van der Waals surface area contributed by atoms with Gasteiger partial charge in [-0.2, -0.15) is 10.2 Å². The van der Waals surface area contributed by atoms with Crippen molar-refractivity contribution in [3.63, 3.8) is 0 Å². The third-order valence-corrected chi connectivity index (χ3v) is 5.75. The minimum absolute atomic E-state index is 0.197. The van der Waals surface area contributed by atoms with E-state index in [2.05, 4.69) is 14.9 Å². The van der Waals surface area contributed by atoms with E-state index in [-0.39, 0.29) is 4.90 Å². The number of benzene rings is 1. The predicted molar refractivity (Wildman–Crippen MR) is 101 cm³/mol. The maximum Gasteiger partial charge on any atom is 0.265 e. The Balaban J connectivity index is 1.84. The first kappa shape index (κ1) is 18.2. The number of nitrogens with zero attached hydrogens (tertiary/aromatic N) is 4. The summed E-state index contributed by atoms with van der Waals surface area (Å²) in [4.78, 5) is 0.197. The summed E-state index contributed by atoms with van der Waals surface area (Å²) in [6.45, 7) is 8.84. The summed E-state index contributed by atoms with van der Waals surface area (Å²) >= 11 is 0. The van der Waals surface area contributed by atoms with Gasteiger partial charge in [-0.3, -0.25) is 14.1 Å². The van der Waals surface area contributed by atoms with E-state index >= 15 is 0 Å². The lowest BCUT2D eigenvalue weighted by molar-refractivity contribution is 0.598. The second-order valence-electron chi connectivity index (χ2n) is 6.30. The quantitative estimate of drug-likeness (QED) is 0.720. The molecule has 0 unspecified atom stereocenters. The number of sulfonamides is 1. The van der Waals surface area contributed by atoms with Gasteiger partial charge < -0.3 is 0 Å². The number of anilines is 1. The summed E-state index contributed by atoms with van der Waals surface area (Å²) in [5.74, 6) is 0. The molecule has 8 heteroatoms. The van der Waals surface area contributed by atoms with Crippen molar-refractivity contribution in [2.24, 2.45) is 0 Å². The minimum Gasteiger partial charge on any atom is -0.280 e. The smallest absolute Gasteiger partial charge is 0.265 e. The Hall–Kier alpha value is -2.61. The fourth-order valence-corrected chi connectivity index (χ4v) is 4.19. The van der Waals surface area contributed by atoms with Crippen LogP contribution >= 0.6 is 0 Å². The number of nitrogens with one attached hydrogen (secondary N) is 1. The fraction of sp³-hybridized carbons (Fsp3) is 0.333. The van der Waals surface area contributed by atoms with Crippen LogP contribution in [-0.4, -0.2) is 28.0 Å². The highest BCUT2D eigenvalue weighted by atomic mass is 32.2. The molecular formula is C18H23N5O2S. The monoisotopic (exact) mass is 373 g/mol. The molecule has 0 spiro atoms. The van der Waals surface area contributed by atoms with Gasteiger partial charge in [0, 0.05) is 17.9 Å². The van der Waals surface area contributed by atoms with E-state index in [1.54, 1.807) is 17.7 Å². The summed E-state index contributed by atoms with van der Waals surface area (Å²) in [5, 5.41) is 8.56. The van der Waals surface area contributed by atoms with Crippen LogP contribution in [0.2, 0.25) is 0 Å². The number of hydrogen-bond donors (Lipinski definition) is 1. The standard InChI is InChI=1S/C18H23N5O2S/c1-5-22-15(4)18(11-19-22)26(24,25)21-17-8-6-7-16(10-17)12-23-14(3)9-13(2)20-23/h6-11,21H,5,12H2,1-4H3. The lowest BCUT2D eigenvalue weighted by Gasteiger charge is -2.10. The van der Waals surface area contributed by atoms with E-state index in [9.17, 15) is 8.42 Å². The molecule has 0 aliphatic rings. The first-order valence-corrected chi connectivity index (χ1v) is 9.93. The maximum atomic E-state index is 12.7. The first-order chi connectivity index (χ1) is 12.3. The minimum atomic E-state index is -3.68. The van der Waals surface area contributed by atoms with Crippen molar-refractivity contribution < 1.29 is 8.42 Å². The van der Waals surface area contributed by atoms with Crippen LogP contribution in [0.5, 0.6) is 0 Å². The summed E-state index contributed by atoms with van der Waals surface area (Å²) in [5.41, 5.74) is 4.14. The van der Waals surface area contributed by atoms with E-state index in [0.29, 0.717) is 24.5 Å². The number of aromatic nitrogens is 4. The normalized spacial score (nSPS) is 11.7. The second-order valence-corrected chi connectivity index (χ2v) is 7.95. The molecule has 0 aliphatic heterocycles. The summed E-state index contributed by atoms with van der Waals surface area (Å²) in [6.07, 6.45) is 1.39. The van der Waals surface area contributed by atoms with Crippen LogP contribution in [-0.2, 0) is 23.1 Å². The van der Waals surface area contributed by atoms with Crippen molar-refractivity contribution in [3.8, 4) is 0 Å². The van der Waals surface area contributed by atoms with Gasteiger partial charge in [0.25, 0.3) is 10.0 Å². The highest BCUT2D eigenvalue weighted by Gasteiger charge is 2.20. The van der Waals surface area contributed by atoms with Crippen molar-refractivity contribution in [3.05, 3.63) is 59.2 Å². The van der Waals surface area contributed by atoms with Crippen LogP contribution in [0, 0.1) is 20.8 Å². The number of aryl methyl sites for hydroxylation is 3. The molecule has 0 saturated heterocycles. The van der Waals surface area contributed by atoms with E-state index in [1.807, 2.05) is 49.7 Å². The Kier molecular flexibility index (Phi) is 4.86. The average Bonchev–Trinajstić information content (AvgIpc) is 3.09. The van der Waals surface area contributed by atoms with Gasteiger partial charge in [-0.05, 0) is 51.5 Å². The van der Waals surface area contributed by atoms with Gasteiger partial charge >= 0.3 is 0 Å². The Morgan fingerprint density at radius 3 is 2.50 bits per heavy atom. The van der Waals surface area contributed by atoms with Gasteiger partial charge in [-0.25, -0.2) is 8.42 Å². The van der Waals surface area contributed by atoms with Crippen molar-refractivity contribution >= 4 is 15.7 Å². The molecule has 2 aromatic heterocycles. The molecule has 3 rings (SSSR count). The van der Waals surface area contributed by atoms with Crippen LogP contribution in [0.25, 0.3) is 0 Å². The lowest BCUT2D eigenvalue weighted by Crippen LogP contribution is -2.14. The van der Waals surface area contributed by atoms with Crippen molar-refractivity contribution in [1.82, 2.24) is 19.6 Å². The SMILES string of the molecule is CCn1ncc(S(=O)(=O)Nc2cccc(Cn3nc(C)cc3C)c2)c1C. The predicted octanol–water partition coefficient (Wildman–Crippen LogP) is 2.87. The molecule has 0 radical (unpaired) electrons. The van der Waals surface area contributed by atoms with Gasteiger partial charge in [0.2, 0.25) is 0 Å². The Labute approximate surface area is 153 Å². The second kappa shape index (κ2) is 6.95. The molecular weight excluding hydrogens is 350 g/mol. The molecule has 0 amide bonds. The van der Waals surface area contributed by atoms with E-state index < -0.39 is 10.0 Å². The zero-order chi connectivity index (χ0) is 18.9. The topological polar surface area (TPSA) is 81.8 Å². The average molecular weight is 373 g/mol. The molecule has 0 fully saturated rings. The first-order valence-electron chi connectivity index (χ1n) is 8.45. The van der Waals surface area contributed by atoms with Crippen molar-refractivity contribution in [2.45, 2.75) is 45.7 Å². The Bertz CT molecular complexity index is 1030. The van der Waals surface area contributed by atoms with Gasteiger partial charge in [-0.15, -0.1) is 0 Å². The molecule has 1 N–H and O–H groups in total. The largest absolute Gasteiger partial charge is 0.280 e. The van der Waals surface area contributed by atoms with Crippen molar-refractivity contribution in [2.75, 3.05) is 4.72 Å². The van der Waals surface area contributed by atoms with E-state index in [4.69, 9.17) is 0 Å². The lowest BCUT2D eigenvalue weighted by atomic mass is 10.2. The maximum absolute atomic E-state index is 12.7. The highest BCUT2D eigenvalue weighted by molar-refractivity contribution is 7.92. The molecule has 138 valence electrons. The molecule has 1 aromatic carbocycles. The van der Waals surface area contributed by atoms with Crippen LogP contribution in [0.3, 0.4) is 0 Å². The summed E-state index contributed by atoms with van der Waals surface area (Å²) in [6, 6.07) is 9.37. The van der Waals surface area contributed by atoms with Gasteiger partial charge in [0.05, 0.1) is 24.1 Å². The van der Waals surface area contributed by atoms with Gasteiger partial charge in [-0.1, -0.05) is 12.1 Å². The molecule has 7 nitrogen and oxygen atoms in total.